The SMILES string of the molecule is CSCCC(NC(=O)C(N)CO)C(=O)NC(CS)C(=O)NC(CO)C(=O)O. The Morgan fingerprint density at radius 2 is 1.48 bits per heavy atom. The first-order chi connectivity index (χ1) is 12.7. The third-order valence-electron chi connectivity index (χ3n) is 3.39. The monoisotopic (exact) mass is 426 g/mol. The molecular weight excluding hydrogens is 400 g/mol. The second-order valence-corrected chi connectivity index (χ2v) is 6.81. The van der Waals surface area contributed by atoms with Gasteiger partial charge in [-0.3, -0.25) is 14.4 Å². The van der Waals surface area contributed by atoms with Gasteiger partial charge in [-0.15, -0.1) is 0 Å². The quantitative estimate of drug-likeness (QED) is 0.138. The number of thiol groups is 1. The summed E-state index contributed by atoms with van der Waals surface area (Å²) in [6, 6.07) is -4.91. The summed E-state index contributed by atoms with van der Waals surface area (Å²) in [6.45, 7) is -1.41. The summed E-state index contributed by atoms with van der Waals surface area (Å²) < 4.78 is 0. The second-order valence-electron chi connectivity index (χ2n) is 5.46. The van der Waals surface area contributed by atoms with Crippen LogP contribution in [0.3, 0.4) is 0 Å². The van der Waals surface area contributed by atoms with Gasteiger partial charge in [-0.25, -0.2) is 4.79 Å². The molecule has 0 saturated heterocycles. The summed E-state index contributed by atoms with van der Waals surface area (Å²) in [5, 5.41) is 33.6. The Morgan fingerprint density at radius 1 is 0.963 bits per heavy atom. The molecule has 13 heteroatoms. The largest absolute Gasteiger partial charge is 0.480 e. The van der Waals surface area contributed by atoms with E-state index in [0.29, 0.717) is 5.75 Å². The number of nitrogens with one attached hydrogen (secondary N) is 3. The first kappa shape index (κ1) is 25.5. The van der Waals surface area contributed by atoms with Gasteiger partial charge in [0.15, 0.2) is 0 Å². The molecule has 0 aromatic heterocycles. The molecule has 0 bridgehead atoms. The number of aliphatic carboxylic acids is 1. The van der Waals surface area contributed by atoms with Crippen molar-refractivity contribution >= 4 is 48.1 Å². The van der Waals surface area contributed by atoms with Crippen LogP contribution in [0, 0.1) is 0 Å². The van der Waals surface area contributed by atoms with Crippen molar-refractivity contribution in [1.29, 1.82) is 0 Å². The number of rotatable bonds is 13. The van der Waals surface area contributed by atoms with Gasteiger partial charge >= 0.3 is 5.97 Å². The van der Waals surface area contributed by atoms with Crippen molar-refractivity contribution in [3.05, 3.63) is 0 Å². The molecule has 0 aliphatic rings. The van der Waals surface area contributed by atoms with E-state index in [1.807, 2.05) is 0 Å². The summed E-state index contributed by atoms with van der Waals surface area (Å²) in [4.78, 5) is 47.2. The molecular formula is C14H26N4O7S2. The van der Waals surface area contributed by atoms with Crippen molar-refractivity contribution < 1.29 is 34.5 Å². The molecule has 156 valence electrons. The van der Waals surface area contributed by atoms with Crippen molar-refractivity contribution in [2.45, 2.75) is 30.6 Å². The van der Waals surface area contributed by atoms with Crippen LogP contribution in [0.2, 0.25) is 0 Å². The number of nitrogens with two attached hydrogens (primary N) is 1. The van der Waals surface area contributed by atoms with Gasteiger partial charge in [0.05, 0.1) is 13.2 Å². The van der Waals surface area contributed by atoms with Crippen LogP contribution in [0.4, 0.5) is 0 Å². The third-order valence-corrected chi connectivity index (χ3v) is 4.40. The Balaban J connectivity index is 5.04. The number of aliphatic hydroxyl groups is 2. The Labute approximate surface area is 166 Å². The van der Waals surface area contributed by atoms with Gasteiger partial charge in [0, 0.05) is 5.75 Å². The predicted octanol–water partition coefficient (Wildman–Crippen LogP) is -3.48. The van der Waals surface area contributed by atoms with E-state index >= 15 is 0 Å². The molecule has 8 N–H and O–H groups in total. The first-order valence-corrected chi connectivity index (χ1v) is 9.95. The Kier molecular flexibility index (Phi) is 12.8. The minimum absolute atomic E-state index is 0.144. The lowest BCUT2D eigenvalue weighted by atomic mass is 10.1. The zero-order valence-electron chi connectivity index (χ0n) is 14.8. The Hall–Kier alpha value is -1.54. The van der Waals surface area contributed by atoms with E-state index in [4.69, 9.17) is 21.1 Å². The van der Waals surface area contributed by atoms with Crippen LogP contribution in [0.5, 0.6) is 0 Å². The van der Waals surface area contributed by atoms with E-state index in [0.717, 1.165) is 0 Å². The van der Waals surface area contributed by atoms with Crippen LogP contribution in [-0.4, -0.2) is 94.2 Å². The molecule has 0 aromatic carbocycles. The topological polar surface area (TPSA) is 191 Å². The highest BCUT2D eigenvalue weighted by Gasteiger charge is 2.29. The second kappa shape index (κ2) is 13.6. The van der Waals surface area contributed by atoms with Gasteiger partial charge in [-0.1, -0.05) is 0 Å². The fraction of sp³-hybridized carbons (Fsp3) is 0.714. The van der Waals surface area contributed by atoms with Crippen LogP contribution in [-0.2, 0) is 19.2 Å². The van der Waals surface area contributed by atoms with Crippen molar-refractivity contribution in [2.75, 3.05) is 31.0 Å². The maximum atomic E-state index is 12.4. The van der Waals surface area contributed by atoms with E-state index in [2.05, 4.69) is 28.6 Å². The van der Waals surface area contributed by atoms with Crippen LogP contribution in [0.15, 0.2) is 0 Å². The van der Waals surface area contributed by atoms with E-state index in [9.17, 15) is 19.2 Å². The average molecular weight is 427 g/mol. The highest BCUT2D eigenvalue weighted by Crippen LogP contribution is 2.03. The van der Waals surface area contributed by atoms with E-state index in [1.165, 1.54) is 11.8 Å². The first-order valence-electron chi connectivity index (χ1n) is 7.92. The zero-order valence-corrected chi connectivity index (χ0v) is 16.5. The van der Waals surface area contributed by atoms with E-state index in [1.54, 1.807) is 6.26 Å². The lowest BCUT2D eigenvalue weighted by Crippen LogP contribution is -2.58. The summed E-state index contributed by atoms with van der Waals surface area (Å²) >= 11 is 5.39. The molecule has 0 radical (unpaired) electrons. The summed E-state index contributed by atoms with van der Waals surface area (Å²) in [5.41, 5.74) is 5.41. The molecule has 4 unspecified atom stereocenters. The van der Waals surface area contributed by atoms with Crippen LogP contribution in [0.1, 0.15) is 6.42 Å². The number of carbonyl (C=O) groups excluding carboxylic acids is 3. The highest BCUT2D eigenvalue weighted by atomic mass is 32.2. The molecule has 0 aliphatic heterocycles. The Bertz CT molecular complexity index is 524. The summed E-state index contributed by atoms with van der Waals surface area (Å²) in [5.74, 6) is -3.31. The number of carboxylic acid groups (broad SMARTS) is 1. The van der Waals surface area contributed by atoms with Crippen LogP contribution in [0.25, 0.3) is 0 Å². The fourth-order valence-corrected chi connectivity index (χ4v) is 2.52. The van der Waals surface area contributed by atoms with Crippen molar-refractivity contribution in [3.63, 3.8) is 0 Å². The van der Waals surface area contributed by atoms with Crippen LogP contribution < -0.4 is 21.7 Å². The standard InChI is InChI=1S/C14H26N4O7S2/c1-27-3-2-8(16-11(21)7(15)4-19)12(22)18-10(6-26)13(23)17-9(5-20)14(24)25/h7-10,19-20,26H,2-6,15H2,1H3,(H,16,21)(H,17,23)(H,18,22)(H,24,25). The van der Waals surface area contributed by atoms with Gasteiger partial charge in [0.1, 0.15) is 24.2 Å². The van der Waals surface area contributed by atoms with Gasteiger partial charge in [-0.2, -0.15) is 24.4 Å². The number of hydrogen-bond acceptors (Lipinski definition) is 9. The molecule has 11 nitrogen and oxygen atoms in total. The van der Waals surface area contributed by atoms with Gasteiger partial charge in [0.2, 0.25) is 17.7 Å². The smallest absolute Gasteiger partial charge is 0.328 e. The maximum absolute atomic E-state index is 12.4. The van der Waals surface area contributed by atoms with Crippen molar-refractivity contribution in [2.24, 2.45) is 5.73 Å². The lowest BCUT2D eigenvalue weighted by Gasteiger charge is -2.23. The lowest BCUT2D eigenvalue weighted by molar-refractivity contribution is -0.143. The number of amides is 3. The van der Waals surface area contributed by atoms with E-state index < -0.39 is 61.1 Å². The summed E-state index contributed by atoms with van der Waals surface area (Å²) in [7, 11) is 0. The number of thioether (sulfide) groups is 1. The van der Waals surface area contributed by atoms with Gasteiger partial charge in [0.25, 0.3) is 0 Å². The van der Waals surface area contributed by atoms with Gasteiger partial charge in [-0.05, 0) is 18.4 Å². The van der Waals surface area contributed by atoms with Crippen LogP contribution >= 0.6 is 24.4 Å². The molecule has 0 saturated carbocycles. The average Bonchev–Trinajstić information content (AvgIpc) is 2.65. The normalized spacial score (nSPS) is 15.1. The molecule has 0 aromatic rings. The molecule has 3 amide bonds. The minimum atomic E-state index is -1.52. The number of aliphatic hydroxyl groups excluding tert-OH is 2. The number of carboxylic acids is 1. The minimum Gasteiger partial charge on any atom is -0.480 e. The molecule has 0 heterocycles. The summed E-state index contributed by atoms with van der Waals surface area (Å²) in [6.07, 6.45) is 2.05. The molecule has 27 heavy (non-hydrogen) atoms. The number of hydrogen-bond donors (Lipinski definition) is 8. The highest BCUT2D eigenvalue weighted by molar-refractivity contribution is 7.98. The molecule has 4 atom stereocenters. The van der Waals surface area contributed by atoms with Gasteiger partial charge < -0.3 is 37.0 Å². The third kappa shape index (κ3) is 9.28. The fourth-order valence-electron chi connectivity index (χ4n) is 1.79. The van der Waals surface area contributed by atoms with Crippen molar-refractivity contribution in [1.82, 2.24) is 16.0 Å². The molecule has 0 fully saturated rings. The van der Waals surface area contributed by atoms with E-state index in [-0.39, 0.29) is 12.2 Å². The molecule has 0 spiro atoms. The Morgan fingerprint density at radius 3 is 1.93 bits per heavy atom. The zero-order chi connectivity index (χ0) is 21.0. The predicted molar refractivity (Wildman–Crippen MR) is 102 cm³/mol. The number of carbonyl (C=O) groups is 4. The maximum Gasteiger partial charge on any atom is 0.328 e. The molecule has 0 rings (SSSR count). The van der Waals surface area contributed by atoms with Crippen molar-refractivity contribution in [3.8, 4) is 0 Å². The molecule has 0 aliphatic carbocycles.